The van der Waals surface area contributed by atoms with Gasteiger partial charge in [-0.3, -0.25) is 0 Å². The molecule has 3 nitrogen and oxygen atoms in total. The van der Waals surface area contributed by atoms with Crippen LogP contribution in [0.25, 0.3) is 12.2 Å². The highest BCUT2D eigenvalue weighted by atomic mass is 16.5. The minimum atomic E-state index is -0.278. The van der Waals surface area contributed by atoms with Crippen LogP contribution in [0.15, 0.2) is 48.5 Å². The van der Waals surface area contributed by atoms with Crippen LogP contribution >= 0.6 is 0 Å². The van der Waals surface area contributed by atoms with Crippen molar-refractivity contribution in [3.05, 3.63) is 65.2 Å². The Bertz CT molecular complexity index is 668. The highest BCUT2D eigenvalue weighted by Crippen LogP contribution is 2.17. The summed E-state index contributed by atoms with van der Waals surface area (Å²) < 4.78 is 4.99. The van der Waals surface area contributed by atoms with Crippen LogP contribution in [0.2, 0.25) is 0 Å². The molecule has 0 amide bonds. The van der Waals surface area contributed by atoms with Crippen LogP contribution in [0.1, 0.15) is 42.3 Å². The lowest BCUT2D eigenvalue weighted by molar-refractivity contribution is 0.0526. The topological polar surface area (TPSA) is 29.5 Å². The maximum atomic E-state index is 11.6. The second-order valence-electron chi connectivity index (χ2n) is 5.44. The molecule has 2 aromatic rings. The Hall–Kier alpha value is -2.55. The zero-order valence-corrected chi connectivity index (χ0v) is 14.7. The smallest absolute Gasteiger partial charge is 0.338 e. The summed E-state index contributed by atoms with van der Waals surface area (Å²) in [6.45, 7) is 8.55. The Kier molecular flexibility index (Phi) is 6.62. The maximum absolute atomic E-state index is 11.6. The lowest BCUT2D eigenvalue weighted by Gasteiger charge is -2.20. The minimum absolute atomic E-state index is 0.278. The first-order valence-corrected chi connectivity index (χ1v) is 8.48. The minimum Gasteiger partial charge on any atom is -0.462 e. The third-order valence-corrected chi connectivity index (χ3v) is 3.91. The lowest BCUT2D eigenvalue weighted by Crippen LogP contribution is -2.21. The fourth-order valence-electron chi connectivity index (χ4n) is 2.52. The Morgan fingerprint density at radius 3 is 1.83 bits per heavy atom. The molecule has 0 saturated heterocycles. The van der Waals surface area contributed by atoms with Crippen molar-refractivity contribution in [3.63, 3.8) is 0 Å². The van der Waals surface area contributed by atoms with Crippen molar-refractivity contribution in [2.45, 2.75) is 20.8 Å². The van der Waals surface area contributed by atoms with E-state index >= 15 is 0 Å². The summed E-state index contributed by atoms with van der Waals surface area (Å²) in [5.74, 6) is -0.278. The summed E-state index contributed by atoms with van der Waals surface area (Å²) in [5, 5.41) is 0. The number of ether oxygens (including phenoxy) is 1. The Morgan fingerprint density at radius 2 is 1.38 bits per heavy atom. The first-order chi connectivity index (χ1) is 11.7. The van der Waals surface area contributed by atoms with Gasteiger partial charge in [-0.15, -0.1) is 0 Å². The fraction of sp³-hybridized carbons (Fsp3) is 0.286. The van der Waals surface area contributed by atoms with E-state index in [1.165, 1.54) is 5.69 Å². The van der Waals surface area contributed by atoms with E-state index in [0.717, 1.165) is 24.2 Å². The lowest BCUT2D eigenvalue weighted by atomic mass is 10.1. The molecule has 0 N–H and O–H groups in total. The molecule has 0 fully saturated rings. The van der Waals surface area contributed by atoms with E-state index in [9.17, 15) is 4.79 Å². The molecule has 0 heterocycles. The predicted octanol–water partition coefficient (Wildman–Crippen LogP) is 4.88. The number of esters is 1. The molecule has 2 rings (SSSR count). The molecule has 0 unspecified atom stereocenters. The van der Waals surface area contributed by atoms with Gasteiger partial charge in [-0.1, -0.05) is 36.4 Å². The number of benzene rings is 2. The molecular weight excluding hydrogens is 298 g/mol. The molecule has 0 aliphatic carbocycles. The summed E-state index contributed by atoms with van der Waals surface area (Å²) >= 11 is 0. The fourth-order valence-corrected chi connectivity index (χ4v) is 2.52. The van der Waals surface area contributed by atoms with E-state index in [1.54, 1.807) is 19.1 Å². The van der Waals surface area contributed by atoms with Crippen molar-refractivity contribution in [1.82, 2.24) is 0 Å². The third kappa shape index (κ3) is 4.72. The number of carbonyl (C=O) groups excluding carboxylic acids is 1. The number of rotatable bonds is 7. The average molecular weight is 323 g/mol. The third-order valence-electron chi connectivity index (χ3n) is 3.91. The van der Waals surface area contributed by atoms with Gasteiger partial charge in [-0.25, -0.2) is 4.79 Å². The normalized spacial score (nSPS) is 10.8. The predicted molar refractivity (Wildman–Crippen MR) is 101 cm³/mol. The molecule has 2 aromatic carbocycles. The SMILES string of the molecule is CCOC(=O)c1ccc(C=Cc2ccc(N(CC)CC)cc2)cc1. The highest BCUT2D eigenvalue weighted by Gasteiger charge is 2.04. The first-order valence-electron chi connectivity index (χ1n) is 8.48. The van der Waals surface area contributed by atoms with E-state index in [0.29, 0.717) is 12.2 Å². The summed E-state index contributed by atoms with van der Waals surface area (Å²) in [6.07, 6.45) is 4.12. The van der Waals surface area contributed by atoms with Crippen molar-refractivity contribution in [1.29, 1.82) is 0 Å². The molecule has 0 radical (unpaired) electrons. The molecule has 0 aliphatic heterocycles. The molecule has 0 saturated carbocycles. The van der Waals surface area contributed by atoms with Gasteiger partial charge in [0, 0.05) is 18.8 Å². The second kappa shape index (κ2) is 8.92. The summed E-state index contributed by atoms with van der Waals surface area (Å²) in [4.78, 5) is 13.9. The summed E-state index contributed by atoms with van der Waals surface area (Å²) in [6, 6.07) is 16.0. The zero-order chi connectivity index (χ0) is 17.4. The summed E-state index contributed by atoms with van der Waals surface area (Å²) in [5.41, 5.74) is 4.03. The first kappa shape index (κ1) is 17.8. The zero-order valence-electron chi connectivity index (χ0n) is 14.7. The van der Waals surface area contributed by atoms with E-state index in [4.69, 9.17) is 4.74 Å². The van der Waals surface area contributed by atoms with Crippen LogP contribution in [0.4, 0.5) is 5.69 Å². The van der Waals surface area contributed by atoms with Crippen LogP contribution in [-0.2, 0) is 4.74 Å². The molecular formula is C21H25NO2. The van der Waals surface area contributed by atoms with Gasteiger partial charge in [0.1, 0.15) is 0 Å². The van der Waals surface area contributed by atoms with E-state index < -0.39 is 0 Å². The van der Waals surface area contributed by atoms with Gasteiger partial charge >= 0.3 is 5.97 Å². The number of hydrogen-bond donors (Lipinski definition) is 0. The van der Waals surface area contributed by atoms with Crippen LogP contribution in [0, 0.1) is 0 Å². The molecule has 126 valence electrons. The number of anilines is 1. The van der Waals surface area contributed by atoms with Crippen molar-refractivity contribution >= 4 is 23.8 Å². The van der Waals surface area contributed by atoms with Crippen LogP contribution in [-0.4, -0.2) is 25.7 Å². The molecule has 3 heteroatoms. The van der Waals surface area contributed by atoms with Gasteiger partial charge in [-0.2, -0.15) is 0 Å². The van der Waals surface area contributed by atoms with Crippen molar-refractivity contribution in [3.8, 4) is 0 Å². The largest absolute Gasteiger partial charge is 0.462 e. The summed E-state index contributed by atoms with van der Waals surface area (Å²) in [7, 11) is 0. The van der Waals surface area contributed by atoms with Gasteiger partial charge in [0.15, 0.2) is 0 Å². The Morgan fingerprint density at radius 1 is 0.875 bits per heavy atom. The number of carbonyl (C=O) groups is 1. The quantitative estimate of drug-likeness (QED) is 0.537. The number of nitrogens with zero attached hydrogens (tertiary/aromatic N) is 1. The van der Waals surface area contributed by atoms with Gasteiger partial charge in [0.2, 0.25) is 0 Å². The standard InChI is InChI=1S/C21H25NO2/c1-4-22(5-2)20-15-11-18(12-16-20)8-7-17-9-13-19(14-10-17)21(23)24-6-3/h7-16H,4-6H2,1-3H3. The second-order valence-corrected chi connectivity index (χ2v) is 5.44. The molecule has 0 aromatic heterocycles. The van der Waals surface area contributed by atoms with Gasteiger partial charge in [0.05, 0.1) is 12.2 Å². The van der Waals surface area contributed by atoms with Gasteiger partial charge in [0.25, 0.3) is 0 Å². The highest BCUT2D eigenvalue weighted by molar-refractivity contribution is 5.89. The maximum Gasteiger partial charge on any atom is 0.338 e. The van der Waals surface area contributed by atoms with Crippen molar-refractivity contribution in [2.75, 3.05) is 24.6 Å². The van der Waals surface area contributed by atoms with Crippen molar-refractivity contribution in [2.24, 2.45) is 0 Å². The van der Waals surface area contributed by atoms with E-state index in [-0.39, 0.29) is 5.97 Å². The monoisotopic (exact) mass is 323 g/mol. The van der Waals surface area contributed by atoms with Crippen molar-refractivity contribution < 1.29 is 9.53 Å². The Balaban J connectivity index is 2.04. The molecule has 0 spiro atoms. The molecule has 24 heavy (non-hydrogen) atoms. The van der Waals surface area contributed by atoms with Crippen LogP contribution in [0.3, 0.4) is 0 Å². The van der Waals surface area contributed by atoms with Crippen LogP contribution in [0.5, 0.6) is 0 Å². The molecule has 0 bridgehead atoms. The van der Waals surface area contributed by atoms with E-state index in [1.807, 2.05) is 18.2 Å². The van der Waals surface area contributed by atoms with E-state index in [2.05, 4.69) is 49.1 Å². The number of hydrogen-bond acceptors (Lipinski definition) is 3. The Labute approximate surface area is 144 Å². The molecule has 0 atom stereocenters. The average Bonchev–Trinajstić information content (AvgIpc) is 2.63. The van der Waals surface area contributed by atoms with Gasteiger partial charge in [-0.05, 0) is 56.2 Å². The molecule has 0 aliphatic rings. The van der Waals surface area contributed by atoms with Gasteiger partial charge < -0.3 is 9.64 Å². The van der Waals surface area contributed by atoms with Crippen LogP contribution < -0.4 is 4.90 Å².